The first-order chi connectivity index (χ1) is 21.3. The minimum absolute atomic E-state index is 0.464. The summed E-state index contributed by atoms with van der Waals surface area (Å²) in [6.45, 7) is 8.14. The first-order valence-corrected chi connectivity index (χ1v) is 15.0. The fourth-order valence-electron chi connectivity index (χ4n) is 6.00. The largest absolute Gasteiger partial charge is 0.534 e. The van der Waals surface area contributed by atoms with Crippen molar-refractivity contribution < 1.29 is 9.31 Å². The summed E-state index contributed by atoms with van der Waals surface area (Å²) >= 11 is 0. The summed E-state index contributed by atoms with van der Waals surface area (Å²) in [6.07, 6.45) is 0. The molecule has 1 saturated heterocycles. The third kappa shape index (κ3) is 4.31. The lowest BCUT2D eigenvalue weighted by Gasteiger charge is -2.32. The van der Waals surface area contributed by atoms with Crippen LogP contribution in [0.5, 0.6) is 0 Å². The Labute approximate surface area is 256 Å². The number of aromatic nitrogens is 4. The average Bonchev–Trinajstić information content (AvgIpc) is 3.49. The molecule has 44 heavy (non-hydrogen) atoms. The normalized spacial score (nSPS) is 15.9. The number of rotatable bonds is 4. The van der Waals surface area contributed by atoms with Crippen molar-refractivity contribution in [3.63, 3.8) is 0 Å². The molecular weight excluding hydrogens is 543 g/mol. The quantitative estimate of drug-likeness (QED) is 0.201. The smallest absolute Gasteiger partial charge is 0.397 e. The molecule has 1 aliphatic heterocycles. The third-order valence-electron chi connectivity index (χ3n) is 9.07. The monoisotopic (exact) mass is 574 g/mol. The fraction of sp³-hybridized carbons (Fsp3) is 0.162. The lowest BCUT2D eigenvalue weighted by Crippen LogP contribution is -2.41. The van der Waals surface area contributed by atoms with Crippen molar-refractivity contribution in [2.24, 2.45) is 0 Å². The van der Waals surface area contributed by atoms with Gasteiger partial charge < -0.3 is 13.9 Å². The molecule has 5 aromatic carbocycles. The van der Waals surface area contributed by atoms with Crippen molar-refractivity contribution in [1.29, 1.82) is 0 Å². The number of hydrogen-bond acceptors (Lipinski definition) is 5. The Hall–Kier alpha value is -4.85. The molecule has 7 heteroatoms. The zero-order valence-corrected chi connectivity index (χ0v) is 25.2. The molecule has 0 saturated carbocycles. The standard InChI is InChI=1S/C37H31BN4O2/c1-36(2)37(3,4)44-38(43-36)35-40-33(25-13-6-5-7-14-25)39-34(41-35)27-19-21-32-30(23-27)29-16-10-11-17-31(29)42(32)28-20-18-24-12-8-9-15-26(24)22-28/h5-23H,1-4H3. The van der Waals surface area contributed by atoms with Gasteiger partial charge in [0.05, 0.1) is 22.2 Å². The van der Waals surface area contributed by atoms with Crippen LogP contribution in [0.2, 0.25) is 0 Å². The fourth-order valence-corrected chi connectivity index (χ4v) is 6.00. The number of fused-ring (bicyclic) bond motifs is 4. The van der Waals surface area contributed by atoms with Gasteiger partial charge in [0, 0.05) is 27.6 Å². The molecule has 0 unspecified atom stereocenters. The lowest BCUT2D eigenvalue weighted by molar-refractivity contribution is 0.00578. The van der Waals surface area contributed by atoms with Crippen molar-refractivity contribution in [1.82, 2.24) is 19.5 Å². The Balaban J connectivity index is 1.31. The van der Waals surface area contributed by atoms with Gasteiger partial charge in [-0.3, -0.25) is 0 Å². The maximum Gasteiger partial charge on any atom is 0.534 e. The Morgan fingerprint density at radius 1 is 0.545 bits per heavy atom. The number of hydrogen-bond donors (Lipinski definition) is 0. The van der Waals surface area contributed by atoms with Crippen molar-refractivity contribution >= 4 is 45.4 Å². The van der Waals surface area contributed by atoms with Crippen molar-refractivity contribution in [3.05, 3.63) is 115 Å². The van der Waals surface area contributed by atoms with E-state index in [9.17, 15) is 0 Å². The van der Waals surface area contributed by atoms with E-state index in [0.29, 0.717) is 17.4 Å². The van der Waals surface area contributed by atoms with E-state index in [1.54, 1.807) is 0 Å². The summed E-state index contributed by atoms with van der Waals surface area (Å²) in [5.41, 5.74) is 4.63. The molecule has 0 radical (unpaired) electrons. The van der Waals surface area contributed by atoms with Crippen molar-refractivity contribution in [2.45, 2.75) is 38.9 Å². The van der Waals surface area contributed by atoms with Gasteiger partial charge in [-0.15, -0.1) is 0 Å². The number of benzene rings is 5. The maximum absolute atomic E-state index is 6.36. The summed E-state index contributed by atoms with van der Waals surface area (Å²) in [7, 11) is -0.706. The molecule has 8 rings (SSSR count). The van der Waals surface area contributed by atoms with E-state index in [0.717, 1.165) is 33.2 Å². The molecule has 214 valence electrons. The van der Waals surface area contributed by atoms with E-state index in [-0.39, 0.29) is 0 Å². The van der Waals surface area contributed by atoms with E-state index >= 15 is 0 Å². The summed E-state index contributed by atoms with van der Waals surface area (Å²) < 4.78 is 15.1. The molecule has 0 aliphatic carbocycles. The van der Waals surface area contributed by atoms with Gasteiger partial charge in [0.15, 0.2) is 17.4 Å². The van der Waals surface area contributed by atoms with Crippen LogP contribution in [0, 0.1) is 0 Å². The molecule has 1 aliphatic rings. The van der Waals surface area contributed by atoms with Gasteiger partial charge in [0.1, 0.15) is 0 Å². The van der Waals surface area contributed by atoms with Gasteiger partial charge in [-0.25, -0.2) is 15.0 Å². The molecule has 0 atom stereocenters. The van der Waals surface area contributed by atoms with Crippen LogP contribution in [0.3, 0.4) is 0 Å². The molecular formula is C37H31BN4O2. The van der Waals surface area contributed by atoms with Gasteiger partial charge in [-0.1, -0.05) is 78.9 Å². The predicted octanol–water partition coefficient (Wildman–Crippen LogP) is 7.76. The van der Waals surface area contributed by atoms with Crippen molar-refractivity contribution in [3.8, 4) is 28.5 Å². The van der Waals surface area contributed by atoms with Crippen molar-refractivity contribution in [2.75, 3.05) is 0 Å². The van der Waals surface area contributed by atoms with Crippen LogP contribution >= 0.6 is 0 Å². The molecule has 7 aromatic rings. The topological polar surface area (TPSA) is 62.1 Å². The number of para-hydroxylation sites is 1. The predicted molar refractivity (Wildman–Crippen MR) is 178 cm³/mol. The Morgan fingerprint density at radius 3 is 1.95 bits per heavy atom. The SMILES string of the molecule is CC1(C)OB(c2nc(-c3ccccc3)nc(-c3ccc4c(c3)c3ccccc3n4-c3ccc4ccccc4c3)n2)OC1(C)C. The molecule has 2 aromatic heterocycles. The Morgan fingerprint density at radius 2 is 1.18 bits per heavy atom. The molecule has 3 heterocycles. The van der Waals surface area contributed by atoms with Gasteiger partial charge in [0.2, 0.25) is 0 Å². The molecule has 6 nitrogen and oxygen atoms in total. The van der Waals surface area contributed by atoms with Crippen LogP contribution in [0.4, 0.5) is 0 Å². The molecule has 0 amide bonds. The van der Waals surface area contributed by atoms with Crippen LogP contribution in [-0.4, -0.2) is 37.8 Å². The highest BCUT2D eigenvalue weighted by Crippen LogP contribution is 2.37. The summed E-state index contributed by atoms with van der Waals surface area (Å²) in [4.78, 5) is 14.8. The Bertz CT molecular complexity index is 2190. The van der Waals surface area contributed by atoms with Gasteiger partial charge in [-0.2, -0.15) is 0 Å². The zero-order chi connectivity index (χ0) is 30.1. The van der Waals surface area contributed by atoms with E-state index in [1.807, 2.05) is 58.0 Å². The maximum atomic E-state index is 6.36. The average molecular weight is 574 g/mol. The first kappa shape index (κ1) is 26.8. The second-order valence-corrected chi connectivity index (χ2v) is 12.4. The first-order valence-electron chi connectivity index (χ1n) is 15.0. The summed E-state index contributed by atoms with van der Waals surface area (Å²) in [5.74, 6) is 1.16. The van der Waals surface area contributed by atoms with E-state index in [1.165, 1.54) is 16.2 Å². The Kier molecular flexibility index (Phi) is 5.99. The lowest BCUT2D eigenvalue weighted by atomic mass is 9.89. The minimum Gasteiger partial charge on any atom is -0.397 e. The van der Waals surface area contributed by atoms with Gasteiger partial charge in [0.25, 0.3) is 0 Å². The second kappa shape index (κ2) is 9.84. The highest BCUT2D eigenvalue weighted by Gasteiger charge is 2.53. The summed E-state index contributed by atoms with van der Waals surface area (Å²) in [6, 6.07) is 40.1. The zero-order valence-electron chi connectivity index (χ0n) is 25.2. The van der Waals surface area contributed by atoms with Gasteiger partial charge in [-0.05, 0) is 74.9 Å². The highest BCUT2D eigenvalue weighted by molar-refractivity contribution is 6.60. The van der Waals surface area contributed by atoms with Crippen LogP contribution in [-0.2, 0) is 9.31 Å². The van der Waals surface area contributed by atoms with Crippen LogP contribution in [0.15, 0.2) is 115 Å². The van der Waals surface area contributed by atoms with E-state index in [4.69, 9.17) is 24.3 Å². The summed E-state index contributed by atoms with van der Waals surface area (Å²) in [5, 5.41) is 4.73. The second-order valence-electron chi connectivity index (χ2n) is 12.4. The molecule has 0 bridgehead atoms. The van der Waals surface area contributed by atoms with E-state index in [2.05, 4.69) is 89.5 Å². The van der Waals surface area contributed by atoms with Crippen LogP contribution < -0.4 is 5.72 Å². The molecule has 0 spiro atoms. The molecule has 0 N–H and O–H groups in total. The van der Waals surface area contributed by atoms with Crippen LogP contribution in [0.25, 0.3) is 61.0 Å². The third-order valence-corrected chi connectivity index (χ3v) is 9.07. The van der Waals surface area contributed by atoms with Crippen LogP contribution in [0.1, 0.15) is 27.7 Å². The van der Waals surface area contributed by atoms with Gasteiger partial charge >= 0.3 is 7.12 Å². The number of nitrogens with zero attached hydrogens (tertiary/aromatic N) is 4. The van der Waals surface area contributed by atoms with E-state index < -0.39 is 18.3 Å². The minimum atomic E-state index is -0.706. The highest BCUT2D eigenvalue weighted by atomic mass is 16.7. The molecule has 1 fully saturated rings.